The summed E-state index contributed by atoms with van der Waals surface area (Å²) < 4.78 is 7.27. The second kappa shape index (κ2) is 5.98. The number of hydrogen-bond donors (Lipinski definition) is 1. The molecule has 1 aliphatic rings. The van der Waals surface area contributed by atoms with Gasteiger partial charge in [0.05, 0.1) is 24.8 Å². The first-order chi connectivity index (χ1) is 8.31. The van der Waals surface area contributed by atoms with Gasteiger partial charge in [0.25, 0.3) is 0 Å². The van der Waals surface area contributed by atoms with E-state index in [0.29, 0.717) is 6.04 Å². The van der Waals surface area contributed by atoms with Crippen molar-refractivity contribution >= 4 is 6.08 Å². The monoisotopic (exact) mass is 235 g/mol. The zero-order chi connectivity index (χ0) is 12.1. The number of ether oxygens (including phenoxy) is 1. The number of nitrogens with zero attached hydrogens (tertiary/aromatic N) is 2. The number of aromatic nitrogens is 2. The smallest absolute Gasteiger partial charge is 0.0953 e. The Morgan fingerprint density at radius 2 is 2.47 bits per heavy atom. The molecule has 1 aromatic heterocycles. The third kappa shape index (κ3) is 3.68. The second-order valence-electron chi connectivity index (χ2n) is 4.62. The van der Waals surface area contributed by atoms with Gasteiger partial charge >= 0.3 is 0 Å². The van der Waals surface area contributed by atoms with Crippen molar-refractivity contribution in [1.82, 2.24) is 14.9 Å². The molecule has 1 heterocycles. The van der Waals surface area contributed by atoms with Crippen molar-refractivity contribution in [3.63, 3.8) is 0 Å². The maximum Gasteiger partial charge on any atom is 0.0953 e. The fraction of sp³-hybridized carbons (Fsp3) is 0.615. The number of methoxy groups -OCH3 is 1. The Balaban J connectivity index is 1.86. The fourth-order valence-electron chi connectivity index (χ4n) is 1.85. The Morgan fingerprint density at radius 1 is 1.65 bits per heavy atom. The van der Waals surface area contributed by atoms with Crippen LogP contribution in [0.25, 0.3) is 6.08 Å². The Labute approximate surface area is 103 Å². The average molecular weight is 235 g/mol. The van der Waals surface area contributed by atoms with Crippen LogP contribution >= 0.6 is 0 Å². The minimum atomic E-state index is 0.693. The molecular weight excluding hydrogens is 214 g/mol. The largest absolute Gasteiger partial charge is 0.383 e. The van der Waals surface area contributed by atoms with Crippen LogP contribution in [0.15, 0.2) is 18.1 Å². The van der Waals surface area contributed by atoms with Crippen LogP contribution in [0.4, 0.5) is 0 Å². The highest BCUT2D eigenvalue weighted by molar-refractivity contribution is 5.48. The van der Waals surface area contributed by atoms with Gasteiger partial charge in [0.2, 0.25) is 0 Å². The molecule has 17 heavy (non-hydrogen) atoms. The zero-order valence-electron chi connectivity index (χ0n) is 10.6. The molecule has 4 heteroatoms. The summed E-state index contributed by atoms with van der Waals surface area (Å²) in [7, 11) is 1.72. The van der Waals surface area contributed by atoms with Crippen LogP contribution in [0.3, 0.4) is 0 Å². The van der Waals surface area contributed by atoms with Crippen molar-refractivity contribution in [2.75, 3.05) is 26.8 Å². The van der Waals surface area contributed by atoms with E-state index in [4.69, 9.17) is 4.74 Å². The van der Waals surface area contributed by atoms with Crippen LogP contribution < -0.4 is 5.32 Å². The molecule has 0 spiro atoms. The van der Waals surface area contributed by atoms with Gasteiger partial charge in [0, 0.05) is 26.2 Å². The first-order valence-electron chi connectivity index (χ1n) is 6.20. The van der Waals surface area contributed by atoms with Gasteiger partial charge in [-0.2, -0.15) is 0 Å². The Kier molecular flexibility index (Phi) is 4.34. The van der Waals surface area contributed by atoms with Crippen molar-refractivity contribution in [2.24, 2.45) is 0 Å². The molecule has 1 aromatic rings. The highest BCUT2D eigenvalue weighted by Gasteiger charge is 2.24. The highest BCUT2D eigenvalue weighted by Crippen LogP contribution is 2.35. The van der Waals surface area contributed by atoms with Crippen molar-refractivity contribution in [3.05, 3.63) is 23.8 Å². The van der Waals surface area contributed by atoms with Gasteiger partial charge in [0.1, 0.15) is 0 Å². The van der Waals surface area contributed by atoms with E-state index in [2.05, 4.69) is 27.9 Å². The molecule has 0 amide bonds. The minimum absolute atomic E-state index is 0.693. The summed E-state index contributed by atoms with van der Waals surface area (Å²) in [6.07, 6.45) is 8.68. The lowest BCUT2D eigenvalue weighted by Gasteiger charge is -2.06. The van der Waals surface area contributed by atoms with Gasteiger partial charge in [-0.05, 0) is 25.8 Å². The average Bonchev–Trinajstić information content (AvgIpc) is 3.06. The maximum atomic E-state index is 4.99. The number of rotatable bonds is 7. The Morgan fingerprint density at radius 3 is 3.18 bits per heavy atom. The van der Waals surface area contributed by atoms with Gasteiger partial charge in [-0.1, -0.05) is 5.57 Å². The first kappa shape index (κ1) is 12.3. The molecule has 0 aliphatic heterocycles. The topological polar surface area (TPSA) is 39.1 Å². The van der Waals surface area contributed by atoms with E-state index in [1.165, 1.54) is 24.1 Å². The van der Waals surface area contributed by atoms with Gasteiger partial charge in [-0.15, -0.1) is 0 Å². The molecule has 0 unspecified atom stereocenters. The van der Waals surface area contributed by atoms with Gasteiger partial charge in [0.15, 0.2) is 0 Å². The van der Waals surface area contributed by atoms with Crippen LogP contribution in [-0.4, -0.2) is 36.4 Å². The minimum Gasteiger partial charge on any atom is -0.383 e. The van der Waals surface area contributed by atoms with E-state index >= 15 is 0 Å². The number of hydrogen-bond acceptors (Lipinski definition) is 3. The summed E-state index contributed by atoms with van der Waals surface area (Å²) in [5.74, 6) is 0. The molecule has 0 aromatic carbocycles. The van der Waals surface area contributed by atoms with E-state index in [-0.39, 0.29) is 0 Å². The lowest BCUT2D eigenvalue weighted by molar-refractivity contribution is 0.200. The molecular formula is C13H21N3O. The van der Waals surface area contributed by atoms with Crippen molar-refractivity contribution in [3.8, 4) is 0 Å². The molecule has 4 nitrogen and oxygen atoms in total. The first-order valence-corrected chi connectivity index (χ1v) is 6.20. The highest BCUT2D eigenvalue weighted by atomic mass is 16.5. The molecule has 1 N–H and O–H groups in total. The molecule has 94 valence electrons. The molecule has 0 atom stereocenters. The van der Waals surface area contributed by atoms with E-state index in [9.17, 15) is 0 Å². The molecule has 1 fully saturated rings. The molecule has 1 saturated carbocycles. The van der Waals surface area contributed by atoms with Crippen LogP contribution in [0.5, 0.6) is 0 Å². The number of nitrogens with one attached hydrogen (secondary N) is 1. The number of imidazole rings is 1. The molecule has 0 saturated heterocycles. The fourth-order valence-corrected chi connectivity index (χ4v) is 1.85. The van der Waals surface area contributed by atoms with Gasteiger partial charge < -0.3 is 14.6 Å². The van der Waals surface area contributed by atoms with Gasteiger partial charge in [-0.3, -0.25) is 0 Å². The summed E-state index contributed by atoms with van der Waals surface area (Å²) >= 11 is 0. The van der Waals surface area contributed by atoms with E-state index in [0.717, 1.165) is 19.7 Å². The van der Waals surface area contributed by atoms with Crippen LogP contribution in [0.2, 0.25) is 0 Å². The molecule has 1 aliphatic carbocycles. The molecule has 0 bridgehead atoms. The third-order valence-electron chi connectivity index (χ3n) is 2.92. The van der Waals surface area contributed by atoms with Crippen molar-refractivity contribution < 1.29 is 4.74 Å². The normalized spacial score (nSPS) is 16.5. The maximum absolute atomic E-state index is 4.99. The summed E-state index contributed by atoms with van der Waals surface area (Å²) in [5.41, 5.74) is 2.54. The SMILES string of the molecule is COCCNCC(C)=Cc1cncn1C1CC1. The van der Waals surface area contributed by atoms with E-state index < -0.39 is 0 Å². The van der Waals surface area contributed by atoms with E-state index in [1.54, 1.807) is 7.11 Å². The second-order valence-corrected chi connectivity index (χ2v) is 4.62. The zero-order valence-corrected chi connectivity index (χ0v) is 10.6. The van der Waals surface area contributed by atoms with Crippen molar-refractivity contribution in [2.45, 2.75) is 25.8 Å². The Bertz CT molecular complexity index is 380. The van der Waals surface area contributed by atoms with Crippen LogP contribution in [0.1, 0.15) is 31.5 Å². The van der Waals surface area contributed by atoms with Crippen LogP contribution in [0, 0.1) is 0 Å². The van der Waals surface area contributed by atoms with Crippen LogP contribution in [-0.2, 0) is 4.74 Å². The molecule has 2 rings (SSSR count). The summed E-state index contributed by atoms with van der Waals surface area (Å²) in [4.78, 5) is 4.22. The summed E-state index contributed by atoms with van der Waals surface area (Å²) in [5, 5.41) is 3.34. The lowest BCUT2D eigenvalue weighted by Crippen LogP contribution is -2.20. The summed E-state index contributed by atoms with van der Waals surface area (Å²) in [6.45, 7) is 4.69. The lowest BCUT2D eigenvalue weighted by atomic mass is 10.2. The van der Waals surface area contributed by atoms with E-state index in [1.807, 2.05) is 12.5 Å². The molecule has 0 radical (unpaired) electrons. The summed E-state index contributed by atoms with van der Waals surface area (Å²) in [6, 6.07) is 0.693. The van der Waals surface area contributed by atoms with Crippen molar-refractivity contribution in [1.29, 1.82) is 0 Å². The Hall–Kier alpha value is -1.13. The predicted molar refractivity (Wildman–Crippen MR) is 68.9 cm³/mol. The third-order valence-corrected chi connectivity index (χ3v) is 2.92. The predicted octanol–water partition coefficient (Wildman–Crippen LogP) is 1.86. The standard InChI is InChI=1S/C13H21N3O/c1-11(8-14-5-6-17-2)7-13-9-15-10-16(13)12-3-4-12/h7,9-10,12,14H,3-6,8H2,1-2H3. The van der Waals surface area contributed by atoms with Gasteiger partial charge in [-0.25, -0.2) is 4.98 Å². The quantitative estimate of drug-likeness (QED) is 0.733.